The predicted molar refractivity (Wildman–Crippen MR) is 55.1 cm³/mol. The van der Waals surface area contributed by atoms with E-state index < -0.39 is 6.10 Å². The van der Waals surface area contributed by atoms with E-state index in [2.05, 4.69) is 4.98 Å². The molecule has 16 heavy (non-hydrogen) atoms. The van der Waals surface area contributed by atoms with Gasteiger partial charge in [-0.3, -0.25) is 10.2 Å². The van der Waals surface area contributed by atoms with Crippen LogP contribution in [0.25, 0.3) is 6.08 Å². The summed E-state index contributed by atoms with van der Waals surface area (Å²) in [4.78, 5) is 9.52. The highest BCUT2D eigenvalue weighted by atomic mass is 16.9. The average Bonchev–Trinajstić information content (AvgIpc) is 2.66. The molecule has 3 rings (SSSR count). The quantitative estimate of drug-likeness (QED) is 0.602. The molecule has 2 heterocycles. The Morgan fingerprint density at radius 2 is 2.38 bits per heavy atom. The minimum atomic E-state index is -0.764. The van der Waals surface area contributed by atoms with Crippen molar-refractivity contribution in [2.24, 2.45) is 0 Å². The lowest BCUT2D eigenvalue weighted by Gasteiger charge is -2.16. The van der Waals surface area contributed by atoms with E-state index in [0.29, 0.717) is 10.6 Å². The third-order valence-corrected chi connectivity index (χ3v) is 2.79. The largest absolute Gasteiger partial charge is 0.383 e. The van der Waals surface area contributed by atoms with Gasteiger partial charge >= 0.3 is 0 Å². The Bertz CT molecular complexity index is 557. The van der Waals surface area contributed by atoms with Gasteiger partial charge in [-0.2, -0.15) is 5.26 Å². The van der Waals surface area contributed by atoms with Crippen molar-refractivity contribution in [2.75, 3.05) is 0 Å². The molecule has 0 spiro atoms. The van der Waals surface area contributed by atoms with E-state index in [1.54, 1.807) is 24.4 Å². The molecule has 2 aliphatic rings. The first-order valence-corrected chi connectivity index (χ1v) is 4.85. The summed E-state index contributed by atoms with van der Waals surface area (Å²) in [5.74, 6) is -0.323. The lowest BCUT2D eigenvalue weighted by molar-refractivity contribution is -0.736. The second-order valence-corrected chi connectivity index (χ2v) is 3.63. The minimum absolute atomic E-state index is 0.323. The normalized spacial score (nSPS) is 25.7. The van der Waals surface area contributed by atoms with Crippen molar-refractivity contribution in [1.29, 1.82) is 5.26 Å². The van der Waals surface area contributed by atoms with Crippen molar-refractivity contribution in [1.82, 2.24) is 4.98 Å². The van der Waals surface area contributed by atoms with Gasteiger partial charge in [0.2, 0.25) is 0 Å². The highest BCUT2D eigenvalue weighted by Crippen LogP contribution is 2.34. The molecule has 0 aromatic carbocycles. The number of nitrogens with zero attached hydrogens (tertiary/aromatic N) is 3. The molecule has 1 aliphatic carbocycles. The maximum atomic E-state index is 11.4. The maximum absolute atomic E-state index is 11.4. The third kappa shape index (κ3) is 1.04. The molecule has 2 atom stereocenters. The van der Waals surface area contributed by atoms with Gasteiger partial charge in [0.1, 0.15) is 5.92 Å². The first-order chi connectivity index (χ1) is 7.81. The zero-order chi connectivity index (χ0) is 11.1. The van der Waals surface area contributed by atoms with E-state index in [-0.39, 0.29) is 5.92 Å². The van der Waals surface area contributed by atoms with Crippen LogP contribution < -0.4 is 0 Å². The Balaban J connectivity index is 2.20. The van der Waals surface area contributed by atoms with Gasteiger partial charge in [-0.1, -0.05) is 6.07 Å². The van der Waals surface area contributed by atoms with Gasteiger partial charge in [0, 0.05) is 17.2 Å². The Morgan fingerprint density at radius 1 is 1.50 bits per heavy atom. The standard InChI is InChI=1S/C11H7N3O2/c12-6-10-11-7-2-1-5-13-8(7)3-4-9(11)14(15)16-10/h1-5,10-11H. The lowest BCUT2D eigenvalue weighted by Crippen LogP contribution is -2.22. The zero-order valence-corrected chi connectivity index (χ0v) is 8.20. The first kappa shape index (κ1) is 8.92. The molecule has 5 heteroatoms. The smallest absolute Gasteiger partial charge is 0.255 e. The van der Waals surface area contributed by atoms with E-state index in [9.17, 15) is 5.21 Å². The van der Waals surface area contributed by atoms with E-state index in [4.69, 9.17) is 10.1 Å². The molecular formula is C11H7N3O2. The third-order valence-electron chi connectivity index (χ3n) is 2.79. The van der Waals surface area contributed by atoms with Crippen molar-refractivity contribution in [2.45, 2.75) is 12.0 Å². The summed E-state index contributed by atoms with van der Waals surface area (Å²) in [7, 11) is 0. The van der Waals surface area contributed by atoms with E-state index >= 15 is 0 Å². The Kier molecular flexibility index (Phi) is 1.71. The van der Waals surface area contributed by atoms with Crippen LogP contribution in [0, 0.1) is 16.5 Å². The average molecular weight is 213 g/mol. The van der Waals surface area contributed by atoms with Crippen molar-refractivity contribution < 1.29 is 9.74 Å². The summed E-state index contributed by atoms with van der Waals surface area (Å²) in [6.07, 6.45) is 4.33. The Labute approximate surface area is 91.5 Å². The van der Waals surface area contributed by atoms with Gasteiger partial charge in [0.25, 0.3) is 5.71 Å². The fraction of sp³-hybridized carbons (Fsp3) is 0.182. The van der Waals surface area contributed by atoms with Crippen molar-refractivity contribution in [3.63, 3.8) is 0 Å². The molecule has 0 N–H and O–H groups in total. The van der Waals surface area contributed by atoms with Crippen molar-refractivity contribution in [3.05, 3.63) is 40.9 Å². The summed E-state index contributed by atoms with van der Waals surface area (Å²) in [6.45, 7) is 0. The Hall–Kier alpha value is -2.35. The SMILES string of the molecule is N#CC1O[N+]([O-])=C2C=Cc3ncccc3C21. The van der Waals surface area contributed by atoms with Crippen LogP contribution in [0.2, 0.25) is 0 Å². The summed E-state index contributed by atoms with van der Waals surface area (Å²) in [6, 6.07) is 5.64. The molecule has 78 valence electrons. The van der Waals surface area contributed by atoms with Crippen LogP contribution in [-0.4, -0.2) is 21.7 Å². The van der Waals surface area contributed by atoms with Gasteiger partial charge in [0.15, 0.2) is 6.10 Å². The maximum Gasteiger partial charge on any atom is 0.255 e. The lowest BCUT2D eigenvalue weighted by atomic mass is 9.85. The van der Waals surface area contributed by atoms with Gasteiger partial charge in [-0.25, -0.2) is 0 Å². The van der Waals surface area contributed by atoms with E-state index in [1.165, 1.54) is 0 Å². The summed E-state index contributed by atoms with van der Waals surface area (Å²) >= 11 is 0. The van der Waals surface area contributed by atoms with Crippen LogP contribution in [0.1, 0.15) is 17.2 Å². The van der Waals surface area contributed by atoms with Crippen molar-refractivity contribution in [3.8, 4) is 6.07 Å². The number of aromatic nitrogens is 1. The second kappa shape index (κ2) is 3.07. The highest BCUT2D eigenvalue weighted by molar-refractivity contribution is 6.03. The van der Waals surface area contributed by atoms with Crippen LogP contribution in [0.3, 0.4) is 0 Å². The van der Waals surface area contributed by atoms with Gasteiger partial charge in [0.05, 0.1) is 11.8 Å². The molecule has 1 aliphatic heterocycles. The number of rotatable bonds is 0. The summed E-state index contributed by atoms with van der Waals surface area (Å²) in [5, 5.41) is 20.4. The number of allylic oxidation sites excluding steroid dienone is 1. The molecule has 0 bridgehead atoms. The molecule has 0 fully saturated rings. The second-order valence-electron chi connectivity index (χ2n) is 3.63. The zero-order valence-electron chi connectivity index (χ0n) is 8.20. The molecule has 0 saturated heterocycles. The van der Waals surface area contributed by atoms with Gasteiger partial charge < -0.3 is 4.84 Å². The number of fused-ring (bicyclic) bond motifs is 3. The van der Waals surface area contributed by atoms with Crippen LogP contribution in [0.5, 0.6) is 0 Å². The summed E-state index contributed by atoms with van der Waals surface area (Å²) in [5.41, 5.74) is 2.12. The highest BCUT2D eigenvalue weighted by Gasteiger charge is 2.42. The first-order valence-electron chi connectivity index (χ1n) is 4.85. The molecule has 0 saturated carbocycles. The van der Waals surface area contributed by atoms with Gasteiger partial charge in [-0.15, -0.1) is 0 Å². The van der Waals surface area contributed by atoms with Crippen LogP contribution >= 0.6 is 0 Å². The molecular weight excluding hydrogens is 206 g/mol. The summed E-state index contributed by atoms with van der Waals surface area (Å²) < 4.78 is 0. The van der Waals surface area contributed by atoms with Crippen LogP contribution in [-0.2, 0) is 4.84 Å². The molecule has 0 amide bonds. The monoisotopic (exact) mass is 213 g/mol. The molecule has 5 nitrogen and oxygen atoms in total. The topological polar surface area (TPSA) is 72.0 Å². The number of hydrogen-bond donors (Lipinski definition) is 0. The molecule has 1 aromatic heterocycles. The number of hydrogen-bond acceptors (Lipinski definition) is 4. The number of pyridine rings is 1. The predicted octanol–water partition coefficient (Wildman–Crippen LogP) is 0.981. The van der Waals surface area contributed by atoms with Crippen LogP contribution in [0.4, 0.5) is 0 Å². The fourth-order valence-corrected chi connectivity index (χ4v) is 2.08. The van der Waals surface area contributed by atoms with Crippen LogP contribution in [0.15, 0.2) is 24.4 Å². The molecule has 2 unspecified atom stereocenters. The fourth-order valence-electron chi connectivity index (χ4n) is 2.08. The Morgan fingerprint density at radius 3 is 3.19 bits per heavy atom. The minimum Gasteiger partial charge on any atom is -0.383 e. The van der Waals surface area contributed by atoms with E-state index in [1.807, 2.05) is 12.1 Å². The van der Waals surface area contributed by atoms with Gasteiger partial charge in [-0.05, 0) is 17.7 Å². The molecule has 1 aromatic rings. The van der Waals surface area contributed by atoms with Crippen molar-refractivity contribution >= 4 is 11.8 Å². The molecule has 0 radical (unpaired) electrons. The number of nitriles is 1. The van der Waals surface area contributed by atoms with E-state index in [0.717, 1.165) is 11.3 Å².